The lowest BCUT2D eigenvalue weighted by Gasteiger charge is -2.32. The summed E-state index contributed by atoms with van der Waals surface area (Å²) in [6.45, 7) is 14.5. The van der Waals surface area contributed by atoms with Crippen LogP contribution in [0.5, 0.6) is 0 Å². The van der Waals surface area contributed by atoms with Crippen LogP contribution >= 0.6 is 11.3 Å². The minimum absolute atomic E-state index is 1.07. The predicted octanol–water partition coefficient (Wildman–Crippen LogP) is 17.2. The maximum Gasteiger partial charge on any atom is 0.0775 e. The molecule has 0 atom stereocenters. The first-order valence-corrected chi connectivity index (χ1v) is 30.7. The summed E-state index contributed by atoms with van der Waals surface area (Å²) < 4.78 is 2.59. The van der Waals surface area contributed by atoms with E-state index in [4.69, 9.17) is 0 Å². The van der Waals surface area contributed by atoms with Gasteiger partial charge in [-0.15, -0.1) is 11.3 Å². The van der Waals surface area contributed by atoms with Gasteiger partial charge in [0.1, 0.15) is 0 Å². The van der Waals surface area contributed by atoms with Crippen molar-refractivity contribution in [2.24, 2.45) is 0 Å². The first-order chi connectivity index (χ1) is 32.0. The molecule has 1 aromatic heterocycles. The monoisotopic (exact) mass is 905 g/mol. The fourth-order valence-corrected chi connectivity index (χ4v) is 12.5. The smallest absolute Gasteiger partial charge is 0.0775 e. The standard InChI is InChI=1S/C60H55N3SSi2/c1-65(2,3)53-35-30-48(31-36-53)61(45-20-10-7-11-21-45)51-40-44(41-52(42-51)62(46-22-12-8-13-23-46)49-32-37-54(38-33-49)66(4,5)6)55-26-16-18-28-58(55)63(47-24-14-9-15-25-47)50-34-39-60-57(43-50)56-27-17-19-29-59(56)64-60/h7-43H,1-6H3. The molecule has 0 bridgehead atoms. The van der Waals surface area contributed by atoms with Gasteiger partial charge in [-0.2, -0.15) is 0 Å². The van der Waals surface area contributed by atoms with Gasteiger partial charge in [-0.1, -0.05) is 165 Å². The number of hydrogen-bond acceptors (Lipinski definition) is 4. The molecule has 9 aromatic carbocycles. The molecule has 0 radical (unpaired) electrons. The second kappa shape index (κ2) is 17.8. The summed E-state index contributed by atoms with van der Waals surface area (Å²) in [6.07, 6.45) is 0. The van der Waals surface area contributed by atoms with Crippen LogP contribution in [0, 0.1) is 0 Å². The van der Waals surface area contributed by atoms with Crippen LogP contribution in [0.4, 0.5) is 51.2 Å². The Kier molecular flexibility index (Phi) is 11.6. The number of rotatable bonds is 12. The van der Waals surface area contributed by atoms with Crippen molar-refractivity contribution in [3.05, 3.63) is 224 Å². The van der Waals surface area contributed by atoms with Crippen molar-refractivity contribution in [2.45, 2.75) is 39.3 Å². The van der Waals surface area contributed by atoms with Gasteiger partial charge >= 0.3 is 0 Å². The summed E-state index contributed by atoms with van der Waals surface area (Å²) in [5.41, 5.74) is 12.1. The van der Waals surface area contributed by atoms with Crippen molar-refractivity contribution in [2.75, 3.05) is 14.7 Å². The van der Waals surface area contributed by atoms with E-state index < -0.39 is 16.1 Å². The molecule has 0 aliphatic heterocycles. The normalized spacial score (nSPS) is 11.8. The fraction of sp³-hybridized carbons (Fsp3) is 0.100. The van der Waals surface area contributed by atoms with E-state index in [-0.39, 0.29) is 0 Å². The number of hydrogen-bond donors (Lipinski definition) is 0. The number of fused-ring (bicyclic) bond motifs is 3. The van der Waals surface area contributed by atoms with Crippen molar-refractivity contribution in [3.63, 3.8) is 0 Å². The van der Waals surface area contributed by atoms with Crippen molar-refractivity contribution >= 4 is 109 Å². The van der Waals surface area contributed by atoms with Crippen LogP contribution in [0.1, 0.15) is 0 Å². The lowest BCUT2D eigenvalue weighted by molar-refractivity contribution is 1.25. The van der Waals surface area contributed by atoms with Crippen LogP contribution < -0.4 is 25.1 Å². The Labute approximate surface area is 396 Å². The largest absolute Gasteiger partial charge is 0.310 e. The highest BCUT2D eigenvalue weighted by atomic mass is 32.1. The van der Waals surface area contributed by atoms with Gasteiger partial charge in [0.2, 0.25) is 0 Å². The van der Waals surface area contributed by atoms with E-state index >= 15 is 0 Å². The van der Waals surface area contributed by atoms with Crippen LogP contribution in [0.15, 0.2) is 224 Å². The Bertz CT molecular complexity index is 3150. The molecule has 0 spiro atoms. The van der Waals surface area contributed by atoms with Crippen LogP contribution in [0.3, 0.4) is 0 Å². The van der Waals surface area contributed by atoms with Crippen molar-refractivity contribution < 1.29 is 0 Å². The second-order valence-corrected chi connectivity index (χ2v) is 30.4. The van der Waals surface area contributed by atoms with Gasteiger partial charge in [-0.3, -0.25) is 0 Å². The molecular formula is C60H55N3SSi2. The number of thiophene rings is 1. The Morgan fingerprint density at radius 1 is 0.303 bits per heavy atom. The summed E-state index contributed by atoms with van der Waals surface area (Å²) in [4.78, 5) is 7.28. The van der Waals surface area contributed by atoms with Gasteiger partial charge in [-0.05, 0) is 115 Å². The summed E-state index contributed by atoms with van der Waals surface area (Å²) in [5, 5.41) is 5.44. The Morgan fingerprint density at radius 2 is 0.712 bits per heavy atom. The van der Waals surface area contributed by atoms with Crippen molar-refractivity contribution in [1.29, 1.82) is 0 Å². The second-order valence-electron chi connectivity index (χ2n) is 19.1. The number of nitrogens with zero attached hydrogens (tertiary/aromatic N) is 3. The molecule has 0 saturated heterocycles. The van der Waals surface area contributed by atoms with Gasteiger partial charge in [0, 0.05) is 71.2 Å². The van der Waals surface area contributed by atoms with E-state index in [1.165, 1.54) is 30.5 Å². The van der Waals surface area contributed by atoms with Crippen LogP contribution in [-0.2, 0) is 0 Å². The van der Waals surface area contributed by atoms with Gasteiger partial charge in [-0.25, -0.2) is 0 Å². The van der Waals surface area contributed by atoms with E-state index in [0.717, 1.165) is 62.3 Å². The molecule has 10 rings (SSSR count). The molecular weight excluding hydrogens is 851 g/mol. The first kappa shape index (κ1) is 43.0. The highest BCUT2D eigenvalue weighted by Crippen LogP contribution is 2.47. The third-order valence-electron chi connectivity index (χ3n) is 12.5. The maximum absolute atomic E-state index is 2.43. The van der Waals surface area contributed by atoms with Gasteiger partial charge in [0.05, 0.1) is 21.8 Å². The lowest BCUT2D eigenvalue weighted by Crippen LogP contribution is -2.37. The quantitative estimate of drug-likeness (QED) is 0.113. The van der Waals surface area contributed by atoms with E-state index in [0.29, 0.717) is 0 Å². The molecule has 6 heteroatoms. The molecule has 0 amide bonds. The summed E-state index contributed by atoms with van der Waals surface area (Å²) in [5.74, 6) is 0. The molecule has 0 aliphatic carbocycles. The average molecular weight is 906 g/mol. The Morgan fingerprint density at radius 3 is 1.23 bits per heavy atom. The highest BCUT2D eigenvalue weighted by Gasteiger charge is 2.25. The zero-order chi connectivity index (χ0) is 45.4. The minimum Gasteiger partial charge on any atom is -0.310 e. The Balaban J connectivity index is 1.23. The van der Waals surface area contributed by atoms with E-state index in [1.54, 1.807) is 0 Å². The molecule has 1 heterocycles. The zero-order valence-corrected chi connectivity index (χ0v) is 41.4. The van der Waals surface area contributed by atoms with E-state index in [1.807, 2.05) is 11.3 Å². The molecule has 10 aromatic rings. The van der Waals surface area contributed by atoms with Crippen LogP contribution in [0.2, 0.25) is 39.3 Å². The van der Waals surface area contributed by atoms with Crippen LogP contribution in [0.25, 0.3) is 31.3 Å². The summed E-state index contributed by atoms with van der Waals surface area (Å²) >= 11 is 1.85. The number of para-hydroxylation sites is 4. The molecule has 324 valence electrons. The topological polar surface area (TPSA) is 9.72 Å². The zero-order valence-electron chi connectivity index (χ0n) is 38.6. The highest BCUT2D eigenvalue weighted by molar-refractivity contribution is 7.25. The van der Waals surface area contributed by atoms with Crippen molar-refractivity contribution in [1.82, 2.24) is 0 Å². The van der Waals surface area contributed by atoms with Gasteiger partial charge in [0.15, 0.2) is 0 Å². The minimum atomic E-state index is -1.54. The predicted molar refractivity (Wildman–Crippen MR) is 295 cm³/mol. The molecule has 3 nitrogen and oxygen atoms in total. The average Bonchev–Trinajstić information content (AvgIpc) is 3.71. The first-order valence-electron chi connectivity index (χ1n) is 22.9. The molecule has 0 saturated carbocycles. The molecule has 66 heavy (non-hydrogen) atoms. The van der Waals surface area contributed by atoms with Crippen LogP contribution in [-0.4, -0.2) is 16.1 Å². The number of benzene rings is 9. The summed E-state index contributed by atoms with van der Waals surface area (Å²) in [7, 11) is -3.09. The van der Waals surface area contributed by atoms with Gasteiger partial charge < -0.3 is 14.7 Å². The third kappa shape index (κ3) is 8.63. The lowest BCUT2D eigenvalue weighted by atomic mass is 9.98. The Hall–Kier alpha value is -6.97. The molecule has 0 N–H and O–H groups in total. The fourth-order valence-electron chi connectivity index (χ4n) is 9.05. The summed E-state index contributed by atoms with van der Waals surface area (Å²) in [6, 6.07) is 82.9. The number of anilines is 9. The SMILES string of the molecule is C[Si](C)(C)c1ccc(N(c2ccccc2)c2cc(-c3ccccc3N(c3ccccc3)c3ccc4sc5ccccc5c4c3)cc(N(c3ccccc3)c3ccc([Si](C)(C)C)cc3)c2)cc1. The van der Waals surface area contributed by atoms with E-state index in [2.05, 4.69) is 278 Å². The molecule has 0 fully saturated rings. The van der Waals surface area contributed by atoms with Crippen molar-refractivity contribution in [3.8, 4) is 11.1 Å². The van der Waals surface area contributed by atoms with Gasteiger partial charge in [0.25, 0.3) is 0 Å². The maximum atomic E-state index is 2.43. The molecule has 0 unspecified atom stereocenters. The van der Waals surface area contributed by atoms with E-state index in [9.17, 15) is 0 Å². The molecule has 0 aliphatic rings. The third-order valence-corrected chi connectivity index (χ3v) is 17.8.